The zero-order chi connectivity index (χ0) is 21.7. The standard InChI is InChI=1S/C21H33N3O5S/c1-4-17-7-5-6-10-23(17)16-21(25)22-11-13-24(14-12-22)30(26,27)20-15-18(28-2)8-9-19(20)29-3/h8-9,15,17H,4-7,10-14,16H2,1-3H3. The Labute approximate surface area is 179 Å². The first kappa shape index (κ1) is 22.8. The predicted octanol–water partition coefficient (Wildman–Crippen LogP) is 1.80. The molecule has 8 nitrogen and oxygen atoms in total. The summed E-state index contributed by atoms with van der Waals surface area (Å²) in [5.41, 5.74) is 0. The van der Waals surface area contributed by atoms with Crippen LogP contribution in [0.15, 0.2) is 23.1 Å². The van der Waals surface area contributed by atoms with Crippen molar-refractivity contribution in [3.63, 3.8) is 0 Å². The number of benzene rings is 1. The molecule has 3 rings (SSSR count). The van der Waals surface area contributed by atoms with Crippen molar-refractivity contribution >= 4 is 15.9 Å². The molecule has 0 radical (unpaired) electrons. The Hall–Kier alpha value is -1.84. The van der Waals surface area contributed by atoms with E-state index >= 15 is 0 Å². The van der Waals surface area contributed by atoms with Crippen molar-refractivity contribution in [1.82, 2.24) is 14.1 Å². The minimum absolute atomic E-state index is 0.0863. The normalized spacial score (nSPS) is 21.4. The van der Waals surface area contributed by atoms with Gasteiger partial charge in [0.25, 0.3) is 0 Å². The predicted molar refractivity (Wildman–Crippen MR) is 114 cm³/mol. The number of piperazine rings is 1. The molecule has 1 amide bonds. The second kappa shape index (κ2) is 9.98. The van der Waals surface area contributed by atoms with E-state index in [9.17, 15) is 13.2 Å². The zero-order valence-corrected chi connectivity index (χ0v) is 19.0. The lowest BCUT2D eigenvalue weighted by molar-refractivity contribution is -0.134. The number of hydrogen-bond acceptors (Lipinski definition) is 6. The lowest BCUT2D eigenvalue weighted by Crippen LogP contribution is -2.53. The number of hydrogen-bond donors (Lipinski definition) is 0. The van der Waals surface area contributed by atoms with Crippen LogP contribution in [0.3, 0.4) is 0 Å². The van der Waals surface area contributed by atoms with E-state index in [1.165, 1.54) is 31.0 Å². The van der Waals surface area contributed by atoms with Gasteiger partial charge < -0.3 is 14.4 Å². The van der Waals surface area contributed by atoms with Gasteiger partial charge >= 0.3 is 0 Å². The Kier molecular flexibility index (Phi) is 7.60. The Morgan fingerprint density at radius 2 is 1.80 bits per heavy atom. The van der Waals surface area contributed by atoms with Gasteiger partial charge in [0.1, 0.15) is 16.4 Å². The number of nitrogens with zero attached hydrogens (tertiary/aromatic N) is 3. The van der Waals surface area contributed by atoms with E-state index in [1.807, 2.05) is 0 Å². The minimum atomic E-state index is -3.75. The van der Waals surface area contributed by atoms with Gasteiger partial charge in [0.05, 0.1) is 20.8 Å². The third-order valence-corrected chi connectivity index (χ3v) is 8.06. The fourth-order valence-corrected chi connectivity index (χ4v) is 5.90. The van der Waals surface area contributed by atoms with Gasteiger partial charge in [0.2, 0.25) is 15.9 Å². The number of piperidine rings is 1. The van der Waals surface area contributed by atoms with Crippen molar-refractivity contribution in [2.45, 2.75) is 43.5 Å². The van der Waals surface area contributed by atoms with Crippen LogP contribution in [-0.4, -0.2) is 88.0 Å². The maximum Gasteiger partial charge on any atom is 0.247 e. The summed E-state index contributed by atoms with van der Waals surface area (Å²) in [6, 6.07) is 5.21. The van der Waals surface area contributed by atoms with E-state index in [-0.39, 0.29) is 29.6 Å². The third-order valence-electron chi connectivity index (χ3n) is 6.14. The summed E-state index contributed by atoms with van der Waals surface area (Å²) in [6.07, 6.45) is 4.57. The molecule has 9 heteroatoms. The highest BCUT2D eigenvalue weighted by Crippen LogP contribution is 2.31. The first-order valence-corrected chi connectivity index (χ1v) is 12.1. The molecule has 0 saturated carbocycles. The van der Waals surface area contributed by atoms with Gasteiger partial charge in [0, 0.05) is 38.3 Å². The van der Waals surface area contributed by atoms with Gasteiger partial charge in [-0.05, 0) is 37.9 Å². The Bertz CT molecular complexity index is 837. The van der Waals surface area contributed by atoms with E-state index < -0.39 is 10.0 Å². The number of amides is 1. The minimum Gasteiger partial charge on any atom is -0.497 e. The second-order valence-electron chi connectivity index (χ2n) is 7.83. The van der Waals surface area contributed by atoms with E-state index in [4.69, 9.17) is 9.47 Å². The molecule has 2 aliphatic rings. The average Bonchev–Trinajstić information content (AvgIpc) is 2.79. The third kappa shape index (κ3) is 4.90. The number of likely N-dealkylation sites (tertiary alicyclic amines) is 1. The molecule has 2 fully saturated rings. The lowest BCUT2D eigenvalue weighted by Gasteiger charge is -2.38. The maximum atomic E-state index is 13.2. The van der Waals surface area contributed by atoms with Crippen LogP contribution < -0.4 is 9.47 Å². The monoisotopic (exact) mass is 439 g/mol. The molecule has 0 bridgehead atoms. The zero-order valence-electron chi connectivity index (χ0n) is 18.2. The quantitative estimate of drug-likeness (QED) is 0.645. The molecule has 1 atom stereocenters. The fourth-order valence-electron chi connectivity index (χ4n) is 4.31. The van der Waals surface area contributed by atoms with Crippen molar-refractivity contribution in [3.8, 4) is 11.5 Å². The summed E-state index contributed by atoms with van der Waals surface area (Å²) < 4.78 is 38.2. The van der Waals surface area contributed by atoms with Crippen LogP contribution >= 0.6 is 0 Å². The second-order valence-corrected chi connectivity index (χ2v) is 9.74. The van der Waals surface area contributed by atoms with Gasteiger partial charge in [-0.2, -0.15) is 4.31 Å². The molecule has 2 aliphatic heterocycles. The van der Waals surface area contributed by atoms with Gasteiger partial charge in [-0.25, -0.2) is 8.42 Å². The summed E-state index contributed by atoms with van der Waals surface area (Å²) in [4.78, 5) is 17.0. The van der Waals surface area contributed by atoms with Crippen LogP contribution in [0.5, 0.6) is 11.5 Å². The molecule has 0 spiro atoms. The van der Waals surface area contributed by atoms with Crippen molar-refractivity contribution in [2.75, 3.05) is 53.5 Å². The van der Waals surface area contributed by atoms with Gasteiger partial charge in [-0.15, -0.1) is 0 Å². The molecule has 2 saturated heterocycles. The molecule has 1 unspecified atom stereocenters. The SMILES string of the molecule is CCC1CCCCN1CC(=O)N1CCN(S(=O)(=O)c2cc(OC)ccc2OC)CC1. The number of rotatable bonds is 7. The summed E-state index contributed by atoms with van der Waals surface area (Å²) in [6.45, 7) is 4.90. The van der Waals surface area contributed by atoms with E-state index in [0.717, 1.165) is 25.8 Å². The summed E-state index contributed by atoms with van der Waals surface area (Å²) in [7, 11) is -0.806. The molecule has 30 heavy (non-hydrogen) atoms. The van der Waals surface area contributed by atoms with Crippen molar-refractivity contribution in [3.05, 3.63) is 18.2 Å². The number of methoxy groups -OCH3 is 2. The van der Waals surface area contributed by atoms with Crippen LogP contribution in [0, 0.1) is 0 Å². The molecular formula is C21H33N3O5S. The van der Waals surface area contributed by atoms with Gasteiger partial charge in [-0.3, -0.25) is 9.69 Å². The molecule has 1 aromatic carbocycles. The van der Waals surface area contributed by atoms with Gasteiger partial charge in [0.15, 0.2) is 0 Å². The molecule has 1 aromatic rings. The summed E-state index contributed by atoms with van der Waals surface area (Å²) in [5.74, 6) is 0.826. The van der Waals surface area contributed by atoms with Crippen LogP contribution in [0.2, 0.25) is 0 Å². The van der Waals surface area contributed by atoms with Gasteiger partial charge in [-0.1, -0.05) is 13.3 Å². The van der Waals surface area contributed by atoms with E-state index in [0.29, 0.717) is 31.4 Å². The van der Waals surface area contributed by atoms with Crippen molar-refractivity contribution < 1.29 is 22.7 Å². The van der Waals surface area contributed by atoms with Crippen LogP contribution in [0.1, 0.15) is 32.6 Å². The van der Waals surface area contributed by atoms with Crippen molar-refractivity contribution in [1.29, 1.82) is 0 Å². The maximum absolute atomic E-state index is 13.2. The van der Waals surface area contributed by atoms with E-state index in [2.05, 4.69) is 11.8 Å². The first-order chi connectivity index (χ1) is 14.4. The fraction of sp³-hybridized carbons (Fsp3) is 0.667. The topological polar surface area (TPSA) is 79.4 Å². The highest BCUT2D eigenvalue weighted by atomic mass is 32.2. The number of ether oxygens (including phenoxy) is 2. The summed E-state index contributed by atoms with van der Waals surface area (Å²) in [5, 5.41) is 0. The lowest BCUT2D eigenvalue weighted by atomic mass is 10.00. The smallest absolute Gasteiger partial charge is 0.247 e. The molecule has 168 valence electrons. The number of carbonyl (C=O) groups excluding carboxylic acids is 1. The Balaban J connectivity index is 1.64. The number of sulfonamides is 1. The van der Waals surface area contributed by atoms with E-state index in [1.54, 1.807) is 17.0 Å². The highest BCUT2D eigenvalue weighted by molar-refractivity contribution is 7.89. The molecule has 0 aromatic heterocycles. The molecule has 2 heterocycles. The average molecular weight is 440 g/mol. The molecule has 0 aliphatic carbocycles. The highest BCUT2D eigenvalue weighted by Gasteiger charge is 2.33. The van der Waals surface area contributed by atoms with Crippen LogP contribution in [0.25, 0.3) is 0 Å². The largest absolute Gasteiger partial charge is 0.497 e. The number of carbonyl (C=O) groups is 1. The first-order valence-electron chi connectivity index (χ1n) is 10.6. The van der Waals surface area contributed by atoms with Crippen LogP contribution in [-0.2, 0) is 14.8 Å². The Morgan fingerprint density at radius 1 is 1.07 bits per heavy atom. The van der Waals surface area contributed by atoms with Crippen LogP contribution in [0.4, 0.5) is 0 Å². The molecular weight excluding hydrogens is 406 g/mol. The van der Waals surface area contributed by atoms with Crippen molar-refractivity contribution in [2.24, 2.45) is 0 Å². The Morgan fingerprint density at radius 3 is 2.43 bits per heavy atom. The molecule has 0 N–H and O–H groups in total. The summed E-state index contributed by atoms with van der Waals surface area (Å²) >= 11 is 0.